The van der Waals surface area contributed by atoms with Crippen LogP contribution in [-0.4, -0.2) is 11.2 Å². The molecule has 0 saturated carbocycles. The Morgan fingerprint density at radius 1 is 0.933 bits per heavy atom. The smallest absolute Gasteiger partial charge is 0.0598 e. The van der Waals surface area contributed by atoms with Crippen LogP contribution in [-0.2, 0) is 0 Å². The van der Waals surface area contributed by atoms with E-state index in [1.54, 1.807) is 0 Å². The van der Waals surface area contributed by atoms with Gasteiger partial charge in [0, 0.05) is 0 Å². The van der Waals surface area contributed by atoms with Gasteiger partial charge < -0.3 is 5.11 Å². The van der Waals surface area contributed by atoms with E-state index in [4.69, 9.17) is 0 Å². The van der Waals surface area contributed by atoms with Gasteiger partial charge in [0.2, 0.25) is 0 Å². The van der Waals surface area contributed by atoms with Crippen LogP contribution < -0.4 is 0 Å². The van der Waals surface area contributed by atoms with Gasteiger partial charge in [-0.15, -0.1) is 0 Å². The minimum absolute atomic E-state index is 0.0183. The molecule has 0 fully saturated rings. The standard InChI is InChI=1S/C14H30O/c1-8-11(9-2)10-12(15)14(6,7)13(3,4)5/h11-12,15H,8-10H2,1-7H3. The van der Waals surface area contributed by atoms with Gasteiger partial charge in [-0.05, 0) is 23.2 Å². The first-order chi connectivity index (χ1) is 6.66. The van der Waals surface area contributed by atoms with Gasteiger partial charge in [-0.2, -0.15) is 0 Å². The number of hydrogen-bond acceptors (Lipinski definition) is 1. The predicted molar refractivity (Wildman–Crippen MR) is 67.9 cm³/mol. The van der Waals surface area contributed by atoms with Crippen LogP contribution in [0.15, 0.2) is 0 Å². The molecule has 15 heavy (non-hydrogen) atoms. The van der Waals surface area contributed by atoms with Crippen molar-refractivity contribution in [1.82, 2.24) is 0 Å². The normalized spacial score (nSPS) is 15.8. The summed E-state index contributed by atoms with van der Waals surface area (Å²) in [7, 11) is 0. The van der Waals surface area contributed by atoms with E-state index in [9.17, 15) is 5.11 Å². The van der Waals surface area contributed by atoms with Crippen LogP contribution in [0.25, 0.3) is 0 Å². The van der Waals surface area contributed by atoms with Gasteiger partial charge in [0.25, 0.3) is 0 Å². The summed E-state index contributed by atoms with van der Waals surface area (Å²) in [5, 5.41) is 10.3. The highest BCUT2D eigenvalue weighted by Gasteiger charge is 2.39. The molecular formula is C14H30O. The minimum atomic E-state index is -0.192. The van der Waals surface area contributed by atoms with Gasteiger partial charge in [-0.1, -0.05) is 61.3 Å². The molecule has 0 aromatic carbocycles. The van der Waals surface area contributed by atoms with Gasteiger partial charge in [0.05, 0.1) is 6.10 Å². The zero-order valence-corrected chi connectivity index (χ0v) is 11.7. The van der Waals surface area contributed by atoms with Crippen LogP contribution in [0, 0.1) is 16.7 Å². The average molecular weight is 214 g/mol. The lowest BCUT2D eigenvalue weighted by Gasteiger charge is -2.43. The summed E-state index contributed by atoms with van der Waals surface area (Å²) in [5.41, 5.74) is 0.133. The third-order valence-corrected chi connectivity index (χ3v) is 4.48. The minimum Gasteiger partial charge on any atom is -0.393 e. The van der Waals surface area contributed by atoms with Gasteiger partial charge in [0.1, 0.15) is 0 Å². The average Bonchev–Trinajstić information content (AvgIpc) is 2.11. The molecule has 92 valence electrons. The van der Waals surface area contributed by atoms with Crippen LogP contribution in [0.1, 0.15) is 67.7 Å². The summed E-state index contributed by atoms with van der Waals surface area (Å²) in [6.45, 7) is 15.4. The fourth-order valence-corrected chi connectivity index (χ4v) is 1.73. The molecule has 0 aromatic heterocycles. The monoisotopic (exact) mass is 214 g/mol. The Morgan fingerprint density at radius 2 is 1.33 bits per heavy atom. The molecule has 1 nitrogen and oxygen atoms in total. The number of aliphatic hydroxyl groups is 1. The first-order valence-corrected chi connectivity index (χ1v) is 6.34. The molecule has 0 saturated heterocycles. The highest BCUT2D eigenvalue weighted by atomic mass is 16.3. The van der Waals surface area contributed by atoms with Crippen LogP contribution >= 0.6 is 0 Å². The van der Waals surface area contributed by atoms with Gasteiger partial charge in [-0.3, -0.25) is 0 Å². The molecule has 0 rings (SSSR count). The van der Waals surface area contributed by atoms with Crippen LogP contribution in [0.4, 0.5) is 0 Å². The Labute approximate surface area is 96.3 Å². The van der Waals surface area contributed by atoms with Crippen LogP contribution in [0.2, 0.25) is 0 Å². The Morgan fingerprint density at radius 3 is 1.60 bits per heavy atom. The largest absolute Gasteiger partial charge is 0.393 e. The quantitative estimate of drug-likeness (QED) is 0.725. The van der Waals surface area contributed by atoms with E-state index in [-0.39, 0.29) is 16.9 Å². The first-order valence-electron chi connectivity index (χ1n) is 6.34. The molecule has 0 aliphatic rings. The molecule has 0 aliphatic carbocycles. The van der Waals surface area contributed by atoms with Crippen LogP contribution in [0.5, 0.6) is 0 Å². The maximum atomic E-state index is 10.3. The Kier molecular flexibility index (Phi) is 5.32. The fraction of sp³-hybridized carbons (Fsp3) is 1.00. The van der Waals surface area contributed by atoms with Gasteiger partial charge in [-0.25, -0.2) is 0 Å². The second kappa shape index (κ2) is 5.34. The second-order valence-electron chi connectivity index (χ2n) is 6.41. The van der Waals surface area contributed by atoms with Gasteiger partial charge >= 0.3 is 0 Å². The molecule has 1 atom stereocenters. The molecule has 0 aliphatic heterocycles. The van der Waals surface area contributed by atoms with E-state index in [1.807, 2.05) is 0 Å². The lowest BCUT2D eigenvalue weighted by atomic mass is 9.64. The van der Waals surface area contributed by atoms with E-state index >= 15 is 0 Å². The molecule has 0 heterocycles. The maximum absolute atomic E-state index is 10.3. The predicted octanol–water partition coefficient (Wildman–Crippen LogP) is 4.25. The van der Waals surface area contributed by atoms with Crippen molar-refractivity contribution in [2.45, 2.75) is 73.8 Å². The van der Waals surface area contributed by atoms with E-state index in [0.29, 0.717) is 5.92 Å². The van der Waals surface area contributed by atoms with Crippen molar-refractivity contribution >= 4 is 0 Å². The summed E-state index contributed by atoms with van der Waals surface area (Å²) < 4.78 is 0. The van der Waals surface area contributed by atoms with Crippen molar-refractivity contribution in [3.8, 4) is 0 Å². The second-order valence-corrected chi connectivity index (χ2v) is 6.41. The lowest BCUT2D eigenvalue weighted by molar-refractivity contribution is -0.0404. The molecule has 1 N–H and O–H groups in total. The Bertz CT molecular complexity index is 172. The third kappa shape index (κ3) is 3.79. The highest BCUT2D eigenvalue weighted by molar-refractivity contribution is 4.89. The molecule has 0 spiro atoms. The number of rotatable bonds is 5. The van der Waals surface area contributed by atoms with E-state index in [2.05, 4.69) is 48.5 Å². The summed E-state index contributed by atoms with van der Waals surface area (Å²) in [4.78, 5) is 0. The van der Waals surface area contributed by atoms with Crippen molar-refractivity contribution in [2.75, 3.05) is 0 Å². The SMILES string of the molecule is CCC(CC)CC(O)C(C)(C)C(C)(C)C. The van der Waals surface area contributed by atoms with Crippen molar-refractivity contribution in [3.63, 3.8) is 0 Å². The number of aliphatic hydroxyl groups excluding tert-OH is 1. The fourth-order valence-electron chi connectivity index (χ4n) is 1.73. The molecule has 0 bridgehead atoms. The van der Waals surface area contributed by atoms with Crippen molar-refractivity contribution in [2.24, 2.45) is 16.7 Å². The molecular weight excluding hydrogens is 184 g/mol. The molecule has 0 amide bonds. The summed E-state index contributed by atoms with van der Waals surface area (Å²) >= 11 is 0. The van der Waals surface area contributed by atoms with Crippen molar-refractivity contribution in [3.05, 3.63) is 0 Å². The Balaban J connectivity index is 4.49. The number of hydrogen-bond donors (Lipinski definition) is 1. The molecule has 0 radical (unpaired) electrons. The first kappa shape index (κ1) is 15.0. The van der Waals surface area contributed by atoms with Crippen LogP contribution in [0.3, 0.4) is 0 Å². The molecule has 1 heteroatoms. The zero-order chi connectivity index (χ0) is 12.3. The topological polar surface area (TPSA) is 20.2 Å². The van der Waals surface area contributed by atoms with E-state index in [1.165, 1.54) is 12.8 Å². The van der Waals surface area contributed by atoms with Crippen molar-refractivity contribution in [1.29, 1.82) is 0 Å². The lowest BCUT2D eigenvalue weighted by Crippen LogP contribution is -2.41. The summed E-state index contributed by atoms with van der Waals surface area (Å²) in [6, 6.07) is 0. The van der Waals surface area contributed by atoms with E-state index < -0.39 is 0 Å². The van der Waals surface area contributed by atoms with Gasteiger partial charge in [0.15, 0.2) is 0 Å². The third-order valence-electron chi connectivity index (χ3n) is 4.48. The Hall–Kier alpha value is -0.0400. The zero-order valence-electron chi connectivity index (χ0n) is 11.7. The summed E-state index contributed by atoms with van der Waals surface area (Å²) in [5.74, 6) is 0.668. The highest BCUT2D eigenvalue weighted by Crippen LogP contribution is 2.42. The van der Waals surface area contributed by atoms with E-state index in [0.717, 1.165) is 6.42 Å². The molecule has 1 unspecified atom stereocenters. The van der Waals surface area contributed by atoms with Crippen molar-refractivity contribution < 1.29 is 5.11 Å². The maximum Gasteiger partial charge on any atom is 0.0598 e. The molecule has 0 aromatic rings. The summed E-state index contributed by atoms with van der Waals surface area (Å²) in [6.07, 6.45) is 3.10.